The summed E-state index contributed by atoms with van der Waals surface area (Å²) in [5.74, 6) is 0.0999. The third kappa shape index (κ3) is 4.93. The zero-order chi connectivity index (χ0) is 16.7. The van der Waals surface area contributed by atoms with Crippen LogP contribution in [0.2, 0.25) is 0 Å². The van der Waals surface area contributed by atoms with Gasteiger partial charge in [-0.25, -0.2) is 4.79 Å². The molecule has 1 fully saturated rings. The molecule has 0 aliphatic heterocycles. The summed E-state index contributed by atoms with van der Waals surface area (Å²) in [6.07, 6.45) is 4.91. The van der Waals surface area contributed by atoms with E-state index in [1.54, 1.807) is 31.4 Å². The molecular weight excluding hydrogens is 312 g/mol. The Hall–Kier alpha value is -2.13. The summed E-state index contributed by atoms with van der Waals surface area (Å²) in [5.41, 5.74) is 0.587. The first-order valence-electron chi connectivity index (χ1n) is 7.59. The molecule has 2 rings (SSSR count). The quantitative estimate of drug-likeness (QED) is 0.373. The predicted molar refractivity (Wildman–Crippen MR) is 91.2 cm³/mol. The highest BCUT2D eigenvalue weighted by molar-refractivity contribution is 7.84. The van der Waals surface area contributed by atoms with Gasteiger partial charge in [0.15, 0.2) is 5.57 Å². The molecule has 0 amide bonds. The molecule has 0 unspecified atom stereocenters. The Kier molecular flexibility index (Phi) is 6.36. The molecule has 1 saturated carbocycles. The van der Waals surface area contributed by atoms with Crippen molar-refractivity contribution < 1.29 is 14.3 Å². The van der Waals surface area contributed by atoms with Crippen LogP contribution in [0.5, 0.6) is 5.75 Å². The van der Waals surface area contributed by atoms with Gasteiger partial charge >= 0.3 is 5.97 Å². The molecule has 0 atom stereocenters. The number of esters is 1. The third-order valence-corrected chi connectivity index (χ3v) is 4.07. The van der Waals surface area contributed by atoms with Crippen LogP contribution in [0.25, 0.3) is 0 Å². The molecule has 122 valence electrons. The summed E-state index contributed by atoms with van der Waals surface area (Å²) in [6, 6.07) is 8.97. The van der Waals surface area contributed by atoms with Gasteiger partial charge < -0.3 is 14.8 Å². The number of methoxy groups -OCH3 is 1. The number of rotatable bonds is 5. The molecule has 0 bridgehead atoms. The Morgan fingerprint density at radius 1 is 1.26 bits per heavy atom. The summed E-state index contributed by atoms with van der Waals surface area (Å²) in [4.78, 5) is 12.2. The Bertz CT molecular complexity index is 614. The SMILES string of the molecule is COc1ccc(N/C(S)=C(/C#N)C(=O)OC2CCCCC2)cc1. The maximum atomic E-state index is 12.2. The van der Waals surface area contributed by atoms with Crippen LogP contribution in [0.3, 0.4) is 0 Å². The van der Waals surface area contributed by atoms with Crippen LogP contribution < -0.4 is 10.1 Å². The van der Waals surface area contributed by atoms with E-state index in [9.17, 15) is 10.1 Å². The minimum absolute atomic E-state index is 0.0956. The van der Waals surface area contributed by atoms with Gasteiger partial charge in [-0.05, 0) is 49.9 Å². The number of ether oxygens (including phenoxy) is 2. The fourth-order valence-electron chi connectivity index (χ4n) is 2.46. The van der Waals surface area contributed by atoms with E-state index in [1.807, 2.05) is 6.07 Å². The van der Waals surface area contributed by atoms with Gasteiger partial charge in [-0.2, -0.15) is 5.26 Å². The standard InChI is InChI=1S/C17H20N2O3S/c1-21-13-9-7-12(8-10-13)19-16(23)15(11-18)17(20)22-14-5-3-2-4-6-14/h7-10,14,19,23H,2-6H2,1H3/b16-15+. The lowest BCUT2D eigenvalue weighted by Gasteiger charge is -2.21. The van der Waals surface area contributed by atoms with Gasteiger partial charge in [-0.3, -0.25) is 0 Å². The summed E-state index contributed by atoms with van der Waals surface area (Å²) < 4.78 is 10.5. The Morgan fingerprint density at radius 2 is 1.91 bits per heavy atom. The molecule has 0 aromatic heterocycles. The first-order valence-corrected chi connectivity index (χ1v) is 8.04. The number of anilines is 1. The first-order chi connectivity index (χ1) is 11.1. The van der Waals surface area contributed by atoms with Gasteiger partial charge in [0.2, 0.25) is 0 Å². The van der Waals surface area contributed by atoms with E-state index in [2.05, 4.69) is 17.9 Å². The van der Waals surface area contributed by atoms with Crippen molar-refractivity contribution in [2.45, 2.75) is 38.2 Å². The molecular formula is C17H20N2O3S. The second-order valence-electron chi connectivity index (χ2n) is 5.35. The largest absolute Gasteiger partial charge is 0.497 e. The van der Waals surface area contributed by atoms with Gasteiger partial charge in [0.1, 0.15) is 17.9 Å². The van der Waals surface area contributed by atoms with Gasteiger partial charge in [0.25, 0.3) is 0 Å². The molecule has 5 nitrogen and oxygen atoms in total. The molecule has 1 aliphatic carbocycles. The molecule has 0 heterocycles. The topological polar surface area (TPSA) is 71.3 Å². The van der Waals surface area contributed by atoms with Gasteiger partial charge in [-0.1, -0.05) is 6.42 Å². The number of carbonyl (C=O) groups excluding carboxylic acids is 1. The lowest BCUT2D eigenvalue weighted by atomic mass is 9.98. The van der Waals surface area contributed by atoms with Gasteiger partial charge in [0.05, 0.1) is 12.1 Å². The molecule has 1 aliphatic rings. The van der Waals surface area contributed by atoms with Crippen molar-refractivity contribution in [2.24, 2.45) is 0 Å². The van der Waals surface area contributed by atoms with Crippen LogP contribution >= 0.6 is 12.6 Å². The minimum atomic E-state index is -0.620. The van der Waals surface area contributed by atoms with Crippen molar-refractivity contribution in [3.63, 3.8) is 0 Å². The smallest absolute Gasteiger partial charge is 0.351 e. The fraction of sp³-hybridized carbons (Fsp3) is 0.412. The number of hydrogen-bond donors (Lipinski definition) is 2. The number of nitrogens with zero attached hydrogens (tertiary/aromatic N) is 1. The van der Waals surface area contributed by atoms with Crippen molar-refractivity contribution in [2.75, 3.05) is 12.4 Å². The van der Waals surface area contributed by atoms with Gasteiger partial charge in [-0.15, -0.1) is 12.6 Å². The van der Waals surface area contributed by atoms with Crippen molar-refractivity contribution >= 4 is 24.3 Å². The van der Waals surface area contributed by atoms with Crippen LogP contribution in [0.15, 0.2) is 34.9 Å². The van der Waals surface area contributed by atoms with E-state index in [0.717, 1.165) is 31.4 Å². The third-order valence-electron chi connectivity index (χ3n) is 3.73. The van der Waals surface area contributed by atoms with Crippen LogP contribution in [0, 0.1) is 11.3 Å². The van der Waals surface area contributed by atoms with Crippen LogP contribution in [-0.2, 0) is 9.53 Å². The Balaban J connectivity index is 2.04. The maximum absolute atomic E-state index is 12.2. The first kappa shape index (κ1) is 17.2. The highest BCUT2D eigenvalue weighted by atomic mass is 32.1. The molecule has 6 heteroatoms. The van der Waals surface area contributed by atoms with Crippen molar-refractivity contribution in [3.05, 3.63) is 34.9 Å². The summed E-state index contributed by atoms with van der Waals surface area (Å²) in [5, 5.41) is 12.3. The summed E-state index contributed by atoms with van der Waals surface area (Å²) in [7, 11) is 1.58. The zero-order valence-electron chi connectivity index (χ0n) is 13.0. The van der Waals surface area contributed by atoms with Crippen LogP contribution in [-0.4, -0.2) is 19.2 Å². The Labute approximate surface area is 141 Å². The molecule has 0 radical (unpaired) electrons. The lowest BCUT2D eigenvalue weighted by Crippen LogP contribution is -2.22. The van der Waals surface area contributed by atoms with E-state index < -0.39 is 5.97 Å². The summed E-state index contributed by atoms with van der Waals surface area (Å²) >= 11 is 4.24. The van der Waals surface area contributed by atoms with Gasteiger partial charge in [0, 0.05) is 5.69 Å². The van der Waals surface area contributed by atoms with Crippen molar-refractivity contribution in [1.82, 2.24) is 0 Å². The van der Waals surface area contributed by atoms with Crippen molar-refractivity contribution in [1.29, 1.82) is 5.26 Å². The summed E-state index contributed by atoms with van der Waals surface area (Å²) in [6.45, 7) is 0. The fourth-order valence-corrected chi connectivity index (χ4v) is 2.73. The van der Waals surface area contributed by atoms with E-state index in [1.165, 1.54) is 6.42 Å². The molecule has 0 spiro atoms. The number of hydrogen-bond acceptors (Lipinski definition) is 6. The number of thiol groups is 1. The molecule has 23 heavy (non-hydrogen) atoms. The maximum Gasteiger partial charge on any atom is 0.351 e. The number of benzene rings is 1. The molecule has 0 saturated heterocycles. The number of nitriles is 1. The second-order valence-corrected chi connectivity index (χ2v) is 5.80. The predicted octanol–water partition coefficient (Wildman–Crippen LogP) is 3.65. The highest BCUT2D eigenvalue weighted by Crippen LogP contribution is 2.23. The minimum Gasteiger partial charge on any atom is -0.497 e. The van der Waals surface area contributed by atoms with E-state index >= 15 is 0 Å². The normalized spacial score (nSPS) is 16.0. The van der Waals surface area contributed by atoms with Crippen LogP contribution in [0.1, 0.15) is 32.1 Å². The van der Waals surface area contributed by atoms with Crippen LogP contribution in [0.4, 0.5) is 5.69 Å². The van der Waals surface area contributed by atoms with E-state index in [0.29, 0.717) is 5.69 Å². The highest BCUT2D eigenvalue weighted by Gasteiger charge is 2.22. The number of carbonyl (C=O) groups is 1. The average Bonchev–Trinajstić information content (AvgIpc) is 2.57. The average molecular weight is 332 g/mol. The second kappa shape index (κ2) is 8.49. The lowest BCUT2D eigenvalue weighted by molar-refractivity contribution is -0.145. The Morgan fingerprint density at radius 3 is 2.48 bits per heavy atom. The zero-order valence-corrected chi connectivity index (χ0v) is 13.9. The number of nitrogens with one attached hydrogen (secondary N) is 1. The van der Waals surface area contributed by atoms with E-state index in [4.69, 9.17) is 9.47 Å². The molecule has 1 N–H and O–H groups in total. The molecule has 1 aromatic carbocycles. The monoisotopic (exact) mass is 332 g/mol. The van der Waals surface area contributed by atoms with E-state index in [-0.39, 0.29) is 16.7 Å². The van der Waals surface area contributed by atoms with Crippen molar-refractivity contribution in [3.8, 4) is 11.8 Å². The molecule has 1 aromatic rings.